The van der Waals surface area contributed by atoms with Crippen molar-refractivity contribution in [3.63, 3.8) is 0 Å². The number of nitrogens with zero attached hydrogens (tertiary/aromatic N) is 2. The fraction of sp³-hybridized carbons (Fsp3) is 0.455. The third-order valence-corrected chi connectivity index (χ3v) is 6.67. The third-order valence-electron chi connectivity index (χ3n) is 5.74. The predicted molar refractivity (Wildman–Crippen MR) is 108 cm³/mol. The molecule has 0 saturated carbocycles. The Hall–Kier alpha value is -2.14. The SMILES string of the molecule is O=C(c1ccccc1)N1C[C@H]2CC[C@@H](C1)N(C(=O)CCCc1cccs1)C2. The molecule has 5 heteroatoms. The van der Waals surface area contributed by atoms with Crippen LogP contribution in [0.4, 0.5) is 0 Å². The summed E-state index contributed by atoms with van der Waals surface area (Å²) >= 11 is 1.76. The number of hydrogen-bond acceptors (Lipinski definition) is 3. The van der Waals surface area contributed by atoms with E-state index in [1.807, 2.05) is 35.2 Å². The van der Waals surface area contributed by atoms with E-state index in [1.54, 1.807) is 11.3 Å². The van der Waals surface area contributed by atoms with E-state index in [-0.39, 0.29) is 17.9 Å². The fourth-order valence-electron chi connectivity index (χ4n) is 4.33. The van der Waals surface area contributed by atoms with Gasteiger partial charge in [0.05, 0.1) is 0 Å². The van der Waals surface area contributed by atoms with Crippen molar-refractivity contribution in [2.75, 3.05) is 19.6 Å². The molecule has 27 heavy (non-hydrogen) atoms. The van der Waals surface area contributed by atoms with Gasteiger partial charge in [0.1, 0.15) is 0 Å². The molecule has 1 aromatic carbocycles. The zero-order valence-electron chi connectivity index (χ0n) is 15.5. The summed E-state index contributed by atoms with van der Waals surface area (Å²) < 4.78 is 0. The molecule has 3 fully saturated rings. The van der Waals surface area contributed by atoms with E-state index >= 15 is 0 Å². The topological polar surface area (TPSA) is 40.6 Å². The summed E-state index contributed by atoms with van der Waals surface area (Å²) in [4.78, 5) is 31.1. The largest absolute Gasteiger partial charge is 0.338 e. The number of aryl methyl sites for hydroxylation is 1. The van der Waals surface area contributed by atoms with Crippen molar-refractivity contribution in [1.82, 2.24) is 9.80 Å². The molecule has 0 radical (unpaired) electrons. The Morgan fingerprint density at radius 1 is 1.00 bits per heavy atom. The summed E-state index contributed by atoms with van der Waals surface area (Å²) in [6.07, 6.45) is 4.61. The van der Waals surface area contributed by atoms with Gasteiger partial charge in [-0.3, -0.25) is 9.59 Å². The van der Waals surface area contributed by atoms with Gasteiger partial charge in [-0.2, -0.15) is 0 Å². The Bertz CT molecular complexity index is 775. The number of amides is 2. The second-order valence-electron chi connectivity index (χ2n) is 7.65. The normalized spacial score (nSPS) is 21.9. The monoisotopic (exact) mass is 382 g/mol. The molecule has 5 rings (SSSR count). The molecule has 2 atom stereocenters. The van der Waals surface area contributed by atoms with Crippen LogP contribution in [0.5, 0.6) is 0 Å². The van der Waals surface area contributed by atoms with Gasteiger partial charge in [-0.1, -0.05) is 24.3 Å². The molecule has 2 aromatic rings. The predicted octanol–water partition coefficient (Wildman–Crippen LogP) is 3.83. The smallest absolute Gasteiger partial charge is 0.253 e. The quantitative estimate of drug-likeness (QED) is 0.788. The minimum Gasteiger partial charge on any atom is -0.338 e. The van der Waals surface area contributed by atoms with Crippen LogP contribution in [0, 0.1) is 5.92 Å². The molecule has 0 N–H and O–H groups in total. The second-order valence-corrected chi connectivity index (χ2v) is 8.68. The standard InChI is InChI=1S/C22H26N2O2S/c25-21(10-4-8-20-9-5-13-27-20)24-15-17-11-12-19(24)16-23(14-17)22(26)18-6-2-1-3-7-18/h1-3,5-7,9,13,17,19H,4,8,10-12,14-16H2/t17-,19+/m1/s1. The van der Waals surface area contributed by atoms with Crippen molar-refractivity contribution in [3.05, 3.63) is 58.3 Å². The van der Waals surface area contributed by atoms with Crippen LogP contribution in [0.15, 0.2) is 47.8 Å². The summed E-state index contributed by atoms with van der Waals surface area (Å²) in [5.74, 6) is 0.757. The van der Waals surface area contributed by atoms with Crippen LogP contribution in [0.1, 0.15) is 40.9 Å². The minimum atomic E-state index is 0.0968. The second kappa shape index (κ2) is 8.26. The molecule has 0 spiro atoms. The number of carbonyl (C=O) groups excluding carboxylic acids is 2. The van der Waals surface area contributed by atoms with Crippen LogP contribution < -0.4 is 0 Å². The van der Waals surface area contributed by atoms with Gasteiger partial charge in [0, 0.05) is 42.5 Å². The molecule has 142 valence electrons. The first-order valence-electron chi connectivity index (χ1n) is 9.87. The molecule has 1 aromatic heterocycles. The first-order chi connectivity index (χ1) is 13.2. The lowest BCUT2D eigenvalue weighted by molar-refractivity contribution is -0.135. The van der Waals surface area contributed by atoms with E-state index in [4.69, 9.17) is 0 Å². The van der Waals surface area contributed by atoms with Gasteiger partial charge in [0.15, 0.2) is 0 Å². The molecular weight excluding hydrogens is 356 g/mol. The van der Waals surface area contributed by atoms with Gasteiger partial charge < -0.3 is 9.80 Å². The number of thiophene rings is 1. The van der Waals surface area contributed by atoms with Crippen LogP contribution in [0.25, 0.3) is 0 Å². The Labute approximate surface area is 164 Å². The maximum Gasteiger partial charge on any atom is 0.253 e. The molecule has 0 aliphatic carbocycles. The molecule has 2 amide bonds. The van der Waals surface area contributed by atoms with Crippen LogP contribution in [-0.4, -0.2) is 47.3 Å². The maximum absolute atomic E-state index is 12.9. The van der Waals surface area contributed by atoms with Gasteiger partial charge in [0.25, 0.3) is 5.91 Å². The molecule has 4 heterocycles. The fourth-order valence-corrected chi connectivity index (χ4v) is 5.08. The Morgan fingerprint density at radius 2 is 1.85 bits per heavy atom. The highest BCUT2D eigenvalue weighted by Gasteiger charge is 2.38. The first kappa shape index (κ1) is 18.2. The number of rotatable bonds is 5. The average Bonchev–Trinajstić information content (AvgIpc) is 3.05. The van der Waals surface area contributed by atoms with Crippen LogP contribution >= 0.6 is 11.3 Å². The molecule has 3 aliphatic heterocycles. The lowest BCUT2D eigenvalue weighted by Gasteiger charge is -2.36. The van der Waals surface area contributed by atoms with Crippen LogP contribution in [0.3, 0.4) is 0 Å². The number of benzene rings is 1. The third kappa shape index (κ3) is 4.24. The van der Waals surface area contributed by atoms with Gasteiger partial charge >= 0.3 is 0 Å². The van der Waals surface area contributed by atoms with E-state index in [0.717, 1.165) is 44.3 Å². The van der Waals surface area contributed by atoms with Crippen molar-refractivity contribution in [3.8, 4) is 0 Å². The first-order valence-corrected chi connectivity index (χ1v) is 10.7. The maximum atomic E-state index is 12.9. The van der Waals surface area contributed by atoms with E-state index in [0.29, 0.717) is 18.9 Å². The molecule has 3 saturated heterocycles. The van der Waals surface area contributed by atoms with Crippen molar-refractivity contribution in [1.29, 1.82) is 0 Å². The van der Waals surface area contributed by atoms with Crippen molar-refractivity contribution < 1.29 is 9.59 Å². The van der Waals surface area contributed by atoms with Crippen molar-refractivity contribution in [2.24, 2.45) is 5.92 Å². The molecule has 0 unspecified atom stereocenters. The molecular formula is C22H26N2O2S. The molecule has 2 bridgehead atoms. The van der Waals surface area contributed by atoms with E-state index in [2.05, 4.69) is 22.4 Å². The zero-order valence-corrected chi connectivity index (χ0v) is 16.4. The van der Waals surface area contributed by atoms with Crippen LogP contribution in [0.2, 0.25) is 0 Å². The highest BCUT2D eigenvalue weighted by atomic mass is 32.1. The van der Waals surface area contributed by atoms with Crippen molar-refractivity contribution in [2.45, 2.75) is 38.1 Å². The highest BCUT2D eigenvalue weighted by Crippen LogP contribution is 2.29. The molecule has 4 nitrogen and oxygen atoms in total. The Balaban J connectivity index is 1.37. The summed E-state index contributed by atoms with van der Waals surface area (Å²) in [5, 5.41) is 2.09. The number of piperidine rings is 1. The van der Waals surface area contributed by atoms with E-state index in [9.17, 15) is 9.59 Å². The average molecular weight is 383 g/mol. The van der Waals surface area contributed by atoms with Crippen molar-refractivity contribution >= 4 is 23.2 Å². The summed E-state index contributed by atoms with van der Waals surface area (Å²) in [5.41, 5.74) is 0.743. The summed E-state index contributed by atoms with van der Waals surface area (Å²) in [7, 11) is 0. The number of carbonyl (C=O) groups is 2. The summed E-state index contributed by atoms with van der Waals surface area (Å²) in [6.45, 7) is 2.24. The van der Waals surface area contributed by atoms with Crippen LogP contribution in [-0.2, 0) is 11.2 Å². The summed E-state index contributed by atoms with van der Waals surface area (Å²) in [6, 6.07) is 13.9. The zero-order chi connectivity index (χ0) is 18.6. The van der Waals surface area contributed by atoms with E-state index < -0.39 is 0 Å². The lowest BCUT2D eigenvalue weighted by atomic mass is 9.94. The molecule has 3 aliphatic rings. The number of fused-ring (bicyclic) bond motifs is 4. The van der Waals surface area contributed by atoms with Gasteiger partial charge in [0.2, 0.25) is 5.91 Å². The minimum absolute atomic E-state index is 0.0968. The number of hydrogen-bond donors (Lipinski definition) is 0. The van der Waals surface area contributed by atoms with Gasteiger partial charge in [-0.15, -0.1) is 11.3 Å². The van der Waals surface area contributed by atoms with E-state index in [1.165, 1.54) is 4.88 Å². The van der Waals surface area contributed by atoms with Gasteiger partial charge in [-0.05, 0) is 55.2 Å². The Kier molecular flexibility index (Phi) is 5.58. The lowest BCUT2D eigenvalue weighted by Crippen LogP contribution is -2.47. The Morgan fingerprint density at radius 3 is 2.63 bits per heavy atom. The van der Waals surface area contributed by atoms with Gasteiger partial charge in [-0.25, -0.2) is 0 Å². The highest BCUT2D eigenvalue weighted by molar-refractivity contribution is 7.09.